The molecular formula is C23H31N3O. The fraction of sp³-hybridized carbons (Fsp3) is 0.435. The zero-order chi connectivity index (χ0) is 19.1. The van der Waals surface area contributed by atoms with Gasteiger partial charge in [0, 0.05) is 44.0 Å². The molecule has 0 unspecified atom stereocenters. The monoisotopic (exact) mass is 365 g/mol. The predicted molar refractivity (Wildman–Crippen MR) is 113 cm³/mol. The Hall–Kier alpha value is -2.33. The maximum Gasteiger partial charge on any atom is 0.251 e. The van der Waals surface area contributed by atoms with Crippen LogP contribution in [-0.2, 0) is 12.8 Å². The molecular weight excluding hydrogens is 334 g/mol. The number of rotatable bonds is 7. The summed E-state index contributed by atoms with van der Waals surface area (Å²) < 4.78 is 0. The van der Waals surface area contributed by atoms with Crippen molar-refractivity contribution in [2.24, 2.45) is 0 Å². The first-order chi connectivity index (χ1) is 13.2. The molecule has 27 heavy (non-hydrogen) atoms. The van der Waals surface area contributed by atoms with E-state index >= 15 is 0 Å². The Labute approximate surface area is 163 Å². The topological polar surface area (TPSA) is 35.6 Å². The van der Waals surface area contributed by atoms with E-state index in [0.717, 1.165) is 51.0 Å². The molecule has 0 aliphatic carbocycles. The Morgan fingerprint density at radius 2 is 1.56 bits per heavy atom. The van der Waals surface area contributed by atoms with Crippen LogP contribution in [0.5, 0.6) is 0 Å². The van der Waals surface area contributed by atoms with Crippen molar-refractivity contribution in [1.82, 2.24) is 10.2 Å². The van der Waals surface area contributed by atoms with Gasteiger partial charge in [-0.15, -0.1) is 0 Å². The highest BCUT2D eigenvalue weighted by atomic mass is 16.1. The molecule has 4 nitrogen and oxygen atoms in total. The van der Waals surface area contributed by atoms with Crippen LogP contribution in [0.2, 0.25) is 0 Å². The molecule has 1 N–H and O–H groups in total. The summed E-state index contributed by atoms with van der Waals surface area (Å²) in [7, 11) is 2.18. The van der Waals surface area contributed by atoms with Gasteiger partial charge < -0.3 is 15.1 Å². The number of likely N-dealkylation sites (N-methyl/N-ethyl adjacent to an activating group) is 1. The van der Waals surface area contributed by atoms with Gasteiger partial charge >= 0.3 is 0 Å². The summed E-state index contributed by atoms with van der Waals surface area (Å²) >= 11 is 0. The van der Waals surface area contributed by atoms with Crippen LogP contribution in [0.15, 0.2) is 48.5 Å². The smallest absolute Gasteiger partial charge is 0.251 e. The van der Waals surface area contributed by atoms with E-state index in [1.165, 1.54) is 16.8 Å². The number of amides is 1. The second kappa shape index (κ2) is 9.56. The molecule has 1 fully saturated rings. The molecule has 1 amide bonds. The van der Waals surface area contributed by atoms with Gasteiger partial charge in [-0.25, -0.2) is 0 Å². The number of hydrogen-bond acceptors (Lipinski definition) is 3. The molecule has 1 aliphatic heterocycles. The number of benzene rings is 2. The zero-order valence-corrected chi connectivity index (χ0v) is 16.6. The molecule has 0 saturated carbocycles. The van der Waals surface area contributed by atoms with Crippen molar-refractivity contribution >= 4 is 11.6 Å². The maximum absolute atomic E-state index is 12.2. The van der Waals surface area contributed by atoms with Crippen LogP contribution in [0.3, 0.4) is 0 Å². The largest absolute Gasteiger partial charge is 0.369 e. The lowest BCUT2D eigenvalue weighted by Crippen LogP contribution is -2.44. The molecule has 3 rings (SSSR count). The zero-order valence-electron chi connectivity index (χ0n) is 16.6. The van der Waals surface area contributed by atoms with Gasteiger partial charge in [-0.3, -0.25) is 4.79 Å². The van der Waals surface area contributed by atoms with E-state index in [2.05, 4.69) is 53.4 Å². The number of hydrogen-bond donors (Lipinski definition) is 1. The van der Waals surface area contributed by atoms with Crippen LogP contribution in [0.25, 0.3) is 0 Å². The molecule has 0 atom stereocenters. The summed E-state index contributed by atoms with van der Waals surface area (Å²) in [5.74, 6) is 0.0167. The van der Waals surface area contributed by atoms with E-state index in [-0.39, 0.29) is 5.91 Å². The van der Waals surface area contributed by atoms with Crippen LogP contribution in [0.1, 0.15) is 34.8 Å². The first-order valence-corrected chi connectivity index (χ1v) is 10.1. The van der Waals surface area contributed by atoms with Crippen molar-refractivity contribution in [2.75, 3.05) is 44.7 Å². The minimum Gasteiger partial charge on any atom is -0.369 e. The highest BCUT2D eigenvalue weighted by Crippen LogP contribution is 2.17. The van der Waals surface area contributed by atoms with Crippen LogP contribution < -0.4 is 10.2 Å². The molecule has 1 heterocycles. The van der Waals surface area contributed by atoms with Gasteiger partial charge in [0.05, 0.1) is 0 Å². The number of carbonyl (C=O) groups is 1. The summed E-state index contributed by atoms with van der Waals surface area (Å²) in [6, 6.07) is 16.8. The van der Waals surface area contributed by atoms with Gasteiger partial charge in [0.2, 0.25) is 0 Å². The van der Waals surface area contributed by atoms with Crippen LogP contribution in [-0.4, -0.2) is 50.6 Å². The molecule has 0 spiro atoms. The predicted octanol–water partition coefficient (Wildman–Crippen LogP) is 3.36. The number of anilines is 1. The lowest BCUT2D eigenvalue weighted by atomic mass is 10.1. The Morgan fingerprint density at radius 3 is 2.19 bits per heavy atom. The first kappa shape index (κ1) is 19.4. The number of nitrogens with zero attached hydrogens (tertiary/aromatic N) is 2. The Kier molecular flexibility index (Phi) is 6.88. The lowest BCUT2D eigenvalue weighted by Gasteiger charge is -2.34. The Bertz CT molecular complexity index is 716. The van der Waals surface area contributed by atoms with E-state index < -0.39 is 0 Å². The van der Waals surface area contributed by atoms with Crippen molar-refractivity contribution < 1.29 is 4.79 Å². The fourth-order valence-electron chi connectivity index (χ4n) is 3.43. The van der Waals surface area contributed by atoms with Gasteiger partial charge in [0.25, 0.3) is 5.91 Å². The van der Waals surface area contributed by atoms with E-state index in [1.807, 2.05) is 24.3 Å². The van der Waals surface area contributed by atoms with Crippen molar-refractivity contribution in [3.63, 3.8) is 0 Å². The highest BCUT2D eigenvalue weighted by molar-refractivity contribution is 5.94. The molecule has 0 radical (unpaired) electrons. The highest BCUT2D eigenvalue weighted by Gasteiger charge is 2.13. The SMILES string of the molecule is CCc1ccc(C(=O)NCCCc2ccc(N3CCN(C)CC3)cc2)cc1. The minimum absolute atomic E-state index is 0.0167. The van der Waals surface area contributed by atoms with Gasteiger partial charge in [-0.05, 0) is 61.7 Å². The molecule has 4 heteroatoms. The minimum atomic E-state index is 0.0167. The fourth-order valence-corrected chi connectivity index (χ4v) is 3.43. The molecule has 1 aliphatic rings. The summed E-state index contributed by atoms with van der Waals surface area (Å²) in [6.07, 6.45) is 2.93. The average Bonchev–Trinajstić information content (AvgIpc) is 2.72. The van der Waals surface area contributed by atoms with Crippen molar-refractivity contribution in [2.45, 2.75) is 26.2 Å². The van der Waals surface area contributed by atoms with Crippen molar-refractivity contribution in [3.05, 3.63) is 65.2 Å². The average molecular weight is 366 g/mol. The van der Waals surface area contributed by atoms with E-state index in [1.54, 1.807) is 0 Å². The van der Waals surface area contributed by atoms with Gasteiger partial charge in [0.15, 0.2) is 0 Å². The van der Waals surface area contributed by atoms with Crippen LogP contribution >= 0.6 is 0 Å². The molecule has 1 saturated heterocycles. The lowest BCUT2D eigenvalue weighted by molar-refractivity contribution is 0.0953. The maximum atomic E-state index is 12.2. The number of piperazine rings is 1. The number of aryl methyl sites for hydroxylation is 2. The summed E-state index contributed by atoms with van der Waals surface area (Å²) in [6.45, 7) is 7.27. The van der Waals surface area contributed by atoms with Crippen molar-refractivity contribution in [3.8, 4) is 0 Å². The van der Waals surface area contributed by atoms with Crippen LogP contribution in [0.4, 0.5) is 5.69 Å². The molecule has 0 aromatic heterocycles. The van der Waals surface area contributed by atoms with Gasteiger partial charge in [0.1, 0.15) is 0 Å². The van der Waals surface area contributed by atoms with Gasteiger partial charge in [-0.1, -0.05) is 31.2 Å². The quantitative estimate of drug-likeness (QED) is 0.764. The second-order valence-electron chi connectivity index (χ2n) is 7.37. The number of nitrogens with one attached hydrogen (secondary N) is 1. The van der Waals surface area contributed by atoms with E-state index in [9.17, 15) is 4.79 Å². The normalized spacial score (nSPS) is 15.0. The molecule has 0 bridgehead atoms. The third-order valence-electron chi connectivity index (χ3n) is 5.36. The van der Waals surface area contributed by atoms with E-state index in [0.29, 0.717) is 6.54 Å². The third kappa shape index (κ3) is 5.57. The Balaban J connectivity index is 1.40. The van der Waals surface area contributed by atoms with Crippen molar-refractivity contribution in [1.29, 1.82) is 0 Å². The van der Waals surface area contributed by atoms with E-state index in [4.69, 9.17) is 0 Å². The molecule has 2 aromatic rings. The third-order valence-corrected chi connectivity index (χ3v) is 5.36. The molecule has 2 aromatic carbocycles. The van der Waals surface area contributed by atoms with Crippen LogP contribution in [0, 0.1) is 0 Å². The standard InChI is InChI=1S/C23H31N3O/c1-3-19-6-10-21(11-7-19)23(27)24-14-4-5-20-8-12-22(13-9-20)26-17-15-25(2)16-18-26/h6-13H,3-5,14-18H2,1-2H3,(H,24,27). The number of carbonyl (C=O) groups excluding carboxylic acids is 1. The summed E-state index contributed by atoms with van der Waals surface area (Å²) in [5, 5.41) is 3.02. The first-order valence-electron chi connectivity index (χ1n) is 10.1. The Morgan fingerprint density at radius 1 is 0.926 bits per heavy atom. The summed E-state index contributed by atoms with van der Waals surface area (Å²) in [4.78, 5) is 17.0. The second-order valence-corrected chi connectivity index (χ2v) is 7.37. The molecule has 144 valence electrons. The summed E-state index contributed by atoms with van der Waals surface area (Å²) in [5.41, 5.74) is 4.64. The van der Waals surface area contributed by atoms with Gasteiger partial charge in [-0.2, -0.15) is 0 Å².